The van der Waals surface area contributed by atoms with Gasteiger partial charge in [-0.25, -0.2) is 0 Å². The Morgan fingerprint density at radius 3 is 2.80 bits per heavy atom. The lowest BCUT2D eigenvalue weighted by atomic mass is 10.1. The third kappa shape index (κ3) is 2.01. The fourth-order valence-corrected chi connectivity index (χ4v) is 2.23. The van der Waals surface area contributed by atoms with E-state index in [9.17, 15) is 4.79 Å². The average molecular weight is 212 g/mol. The number of ether oxygens (including phenoxy) is 1. The van der Waals surface area contributed by atoms with E-state index in [4.69, 9.17) is 10.5 Å². The highest BCUT2D eigenvalue weighted by atomic mass is 16.5. The predicted molar refractivity (Wildman–Crippen MR) is 57.3 cm³/mol. The molecule has 0 bridgehead atoms. The SMILES string of the molecule is CC1(C)CC1C(=O)N1CCOCC1CN. The van der Waals surface area contributed by atoms with E-state index in [0.29, 0.717) is 26.3 Å². The second kappa shape index (κ2) is 3.76. The van der Waals surface area contributed by atoms with E-state index < -0.39 is 0 Å². The summed E-state index contributed by atoms with van der Waals surface area (Å²) in [6.07, 6.45) is 1.01. The van der Waals surface area contributed by atoms with Gasteiger partial charge in [0.15, 0.2) is 0 Å². The number of hydrogen-bond acceptors (Lipinski definition) is 3. The number of morpholine rings is 1. The fourth-order valence-electron chi connectivity index (χ4n) is 2.23. The molecule has 0 spiro atoms. The van der Waals surface area contributed by atoms with Crippen LogP contribution in [0.1, 0.15) is 20.3 Å². The van der Waals surface area contributed by atoms with Crippen LogP contribution < -0.4 is 5.73 Å². The van der Waals surface area contributed by atoms with Gasteiger partial charge in [0.1, 0.15) is 0 Å². The van der Waals surface area contributed by atoms with Crippen molar-refractivity contribution in [1.29, 1.82) is 0 Å². The fraction of sp³-hybridized carbons (Fsp3) is 0.909. The van der Waals surface area contributed by atoms with Crippen molar-refractivity contribution >= 4 is 5.91 Å². The van der Waals surface area contributed by atoms with E-state index in [1.807, 2.05) is 4.90 Å². The number of carbonyl (C=O) groups excluding carboxylic acids is 1. The molecular formula is C11H20N2O2. The maximum absolute atomic E-state index is 12.2. The van der Waals surface area contributed by atoms with Crippen molar-refractivity contribution in [2.75, 3.05) is 26.3 Å². The molecule has 2 N–H and O–H groups in total. The molecule has 1 amide bonds. The van der Waals surface area contributed by atoms with Crippen LogP contribution >= 0.6 is 0 Å². The molecule has 15 heavy (non-hydrogen) atoms. The lowest BCUT2D eigenvalue weighted by Gasteiger charge is -2.35. The van der Waals surface area contributed by atoms with Gasteiger partial charge >= 0.3 is 0 Å². The number of hydrogen-bond donors (Lipinski definition) is 1. The average Bonchev–Trinajstić information content (AvgIpc) is 2.86. The standard InChI is InChI=1S/C11H20N2O2/c1-11(2)5-9(11)10(14)13-3-4-15-7-8(13)6-12/h8-9H,3-7,12H2,1-2H3. The molecule has 1 saturated carbocycles. The Labute approximate surface area is 90.8 Å². The molecule has 1 heterocycles. The van der Waals surface area contributed by atoms with Crippen LogP contribution in [0.4, 0.5) is 0 Å². The summed E-state index contributed by atoms with van der Waals surface area (Å²) in [4.78, 5) is 14.1. The van der Waals surface area contributed by atoms with Crippen molar-refractivity contribution in [2.45, 2.75) is 26.3 Å². The van der Waals surface area contributed by atoms with E-state index in [-0.39, 0.29) is 23.3 Å². The topological polar surface area (TPSA) is 55.6 Å². The zero-order valence-electron chi connectivity index (χ0n) is 9.53. The van der Waals surface area contributed by atoms with Crippen LogP contribution in [0.25, 0.3) is 0 Å². The van der Waals surface area contributed by atoms with Crippen LogP contribution in [0.15, 0.2) is 0 Å². The van der Waals surface area contributed by atoms with Gasteiger partial charge in [-0.15, -0.1) is 0 Å². The molecule has 0 radical (unpaired) electrons. The Hall–Kier alpha value is -0.610. The van der Waals surface area contributed by atoms with Gasteiger partial charge in [0, 0.05) is 19.0 Å². The zero-order valence-corrected chi connectivity index (χ0v) is 9.53. The Bertz CT molecular complexity index is 265. The molecule has 86 valence electrons. The van der Waals surface area contributed by atoms with Crippen LogP contribution in [0, 0.1) is 11.3 Å². The molecule has 2 atom stereocenters. The number of amides is 1. The summed E-state index contributed by atoms with van der Waals surface area (Å²) in [5.41, 5.74) is 5.85. The van der Waals surface area contributed by atoms with Gasteiger partial charge < -0.3 is 15.4 Å². The van der Waals surface area contributed by atoms with Crippen LogP contribution in [-0.4, -0.2) is 43.2 Å². The lowest BCUT2D eigenvalue weighted by Crippen LogP contribution is -2.52. The minimum absolute atomic E-state index is 0.0858. The van der Waals surface area contributed by atoms with Crippen molar-refractivity contribution in [1.82, 2.24) is 4.90 Å². The van der Waals surface area contributed by atoms with Crippen molar-refractivity contribution in [3.05, 3.63) is 0 Å². The molecule has 4 heteroatoms. The third-order valence-corrected chi connectivity index (χ3v) is 3.59. The first-order valence-corrected chi connectivity index (χ1v) is 5.64. The molecule has 2 rings (SSSR count). The quantitative estimate of drug-likeness (QED) is 0.712. The first-order chi connectivity index (χ1) is 7.06. The maximum Gasteiger partial charge on any atom is 0.226 e. The zero-order chi connectivity index (χ0) is 11.1. The van der Waals surface area contributed by atoms with Crippen molar-refractivity contribution in [3.8, 4) is 0 Å². The Morgan fingerprint density at radius 2 is 2.27 bits per heavy atom. The summed E-state index contributed by atoms with van der Waals surface area (Å²) in [5.74, 6) is 0.489. The van der Waals surface area contributed by atoms with Crippen LogP contribution in [-0.2, 0) is 9.53 Å². The maximum atomic E-state index is 12.2. The van der Waals surface area contributed by atoms with Crippen LogP contribution in [0.3, 0.4) is 0 Å². The van der Waals surface area contributed by atoms with E-state index >= 15 is 0 Å². The number of nitrogens with two attached hydrogens (primary N) is 1. The van der Waals surface area contributed by atoms with Gasteiger partial charge in [0.25, 0.3) is 0 Å². The minimum atomic E-state index is 0.0858. The van der Waals surface area contributed by atoms with E-state index in [2.05, 4.69) is 13.8 Å². The molecule has 4 nitrogen and oxygen atoms in total. The summed E-state index contributed by atoms with van der Waals surface area (Å²) in [7, 11) is 0. The first kappa shape index (κ1) is 10.9. The van der Waals surface area contributed by atoms with Gasteiger partial charge in [-0.1, -0.05) is 13.8 Å². The molecule has 0 aromatic carbocycles. The second-order valence-electron chi connectivity index (χ2n) is 5.24. The smallest absolute Gasteiger partial charge is 0.226 e. The highest BCUT2D eigenvalue weighted by Gasteiger charge is 2.52. The van der Waals surface area contributed by atoms with E-state index in [1.54, 1.807) is 0 Å². The summed E-state index contributed by atoms with van der Waals surface area (Å²) in [6, 6.07) is 0.0858. The number of nitrogens with zero attached hydrogens (tertiary/aromatic N) is 1. The van der Waals surface area contributed by atoms with Crippen molar-refractivity contribution in [2.24, 2.45) is 17.1 Å². The van der Waals surface area contributed by atoms with E-state index in [1.165, 1.54) is 0 Å². The van der Waals surface area contributed by atoms with Crippen molar-refractivity contribution in [3.63, 3.8) is 0 Å². The number of carbonyl (C=O) groups is 1. The Balaban J connectivity index is 1.99. The predicted octanol–water partition coefficient (Wildman–Crippen LogP) is 0.219. The minimum Gasteiger partial charge on any atom is -0.377 e. The van der Waals surface area contributed by atoms with Crippen molar-refractivity contribution < 1.29 is 9.53 Å². The highest BCUT2D eigenvalue weighted by molar-refractivity contribution is 5.83. The van der Waals surface area contributed by atoms with Gasteiger partial charge in [-0.05, 0) is 11.8 Å². The lowest BCUT2D eigenvalue weighted by molar-refractivity contribution is -0.141. The molecule has 0 aromatic rings. The third-order valence-electron chi connectivity index (χ3n) is 3.59. The summed E-state index contributed by atoms with van der Waals surface area (Å²) < 4.78 is 5.33. The van der Waals surface area contributed by atoms with Gasteiger partial charge in [-0.2, -0.15) is 0 Å². The van der Waals surface area contributed by atoms with Gasteiger partial charge in [-0.3, -0.25) is 4.79 Å². The molecule has 2 unspecified atom stereocenters. The summed E-state index contributed by atoms with van der Waals surface area (Å²) in [5, 5.41) is 0. The largest absolute Gasteiger partial charge is 0.377 e. The van der Waals surface area contributed by atoms with E-state index in [0.717, 1.165) is 6.42 Å². The Kier molecular flexibility index (Phi) is 2.73. The summed E-state index contributed by atoms with van der Waals surface area (Å²) >= 11 is 0. The monoisotopic (exact) mass is 212 g/mol. The number of rotatable bonds is 2. The molecule has 2 aliphatic rings. The molecule has 1 aliphatic heterocycles. The normalized spacial score (nSPS) is 33.9. The molecule has 1 aliphatic carbocycles. The molecule has 0 aromatic heterocycles. The Morgan fingerprint density at radius 1 is 1.60 bits per heavy atom. The van der Waals surface area contributed by atoms with Gasteiger partial charge in [0.2, 0.25) is 5.91 Å². The first-order valence-electron chi connectivity index (χ1n) is 5.64. The molecule has 1 saturated heterocycles. The molecular weight excluding hydrogens is 192 g/mol. The van der Waals surface area contributed by atoms with Gasteiger partial charge in [0.05, 0.1) is 19.3 Å². The summed E-state index contributed by atoms with van der Waals surface area (Å²) in [6.45, 7) is 6.73. The highest BCUT2D eigenvalue weighted by Crippen LogP contribution is 2.52. The van der Waals surface area contributed by atoms with Crippen LogP contribution in [0.2, 0.25) is 0 Å². The van der Waals surface area contributed by atoms with Crippen LogP contribution in [0.5, 0.6) is 0 Å². The molecule has 2 fully saturated rings. The second-order valence-corrected chi connectivity index (χ2v) is 5.24.